The van der Waals surface area contributed by atoms with Crippen LogP contribution < -0.4 is 4.74 Å². The van der Waals surface area contributed by atoms with Crippen LogP contribution in [0.1, 0.15) is 6.92 Å². The van der Waals surface area contributed by atoms with E-state index in [9.17, 15) is 0 Å². The largest absolute Gasteiger partial charge is 0.494 e. The molecule has 0 unspecified atom stereocenters. The molecular formula is C22H18N2O. The number of hydrogen-bond donors (Lipinski definition) is 0. The lowest BCUT2D eigenvalue weighted by Gasteiger charge is -2.13. The predicted molar refractivity (Wildman–Crippen MR) is 102 cm³/mol. The maximum absolute atomic E-state index is 5.65. The van der Waals surface area contributed by atoms with Gasteiger partial charge in [-0.25, -0.2) is 0 Å². The lowest BCUT2D eigenvalue weighted by molar-refractivity contribution is 0.340. The highest BCUT2D eigenvalue weighted by molar-refractivity contribution is 6.00. The van der Waals surface area contributed by atoms with Gasteiger partial charge in [0, 0.05) is 16.5 Å². The Bertz CT molecular complexity index is 1010. The normalized spacial score (nSPS) is 10.8. The van der Waals surface area contributed by atoms with Crippen LogP contribution in [0.15, 0.2) is 78.9 Å². The van der Waals surface area contributed by atoms with Crippen molar-refractivity contribution < 1.29 is 4.74 Å². The highest BCUT2D eigenvalue weighted by Gasteiger charge is 2.14. The molecule has 3 heteroatoms. The van der Waals surface area contributed by atoms with Crippen LogP contribution in [-0.4, -0.2) is 16.8 Å². The fraction of sp³-hybridized carbons (Fsp3) is 0.0909. The van der Waals surface area contributed by atoms with Gasteiger partial charge in [-0.05, 0) is 30.7 Å². The Labute approximate surface area is 146 Å². The van der Waals surface area contributed by atoms with Crippen LogP contribution in [0, 0.1) is 0 Å². The smallest absolute Gasteiger partial charge is 0.119 e. The van der Waals surface area contributed by atoms with E-state index < -0.39 is 0 Å². The van der Waals surface area contributed by atoms with Gasteiger partial charge in [-0.15, -0.1) is 10.2 Å². The molecule has 3 nitrogen and oxygen atoms in total. The lowest BCUT2D eigenvalue weighted by Crippen LogP contribution is -1.96. The zero-order valence-electron chi connectivity index (χ0n) is 14.0. The summed E-state index contributed by atoms with van der Waals surface area (Å²) in [6, 6.07) is 26.5. The Morgan fingerprint density at radius 1 is 0.760 bits per heavy atom. The van der Waals surface area contributed by atoms with Crippen molar-refractivity contribution in [3.05, 3.63) is 78.9 Å². The standard InChI is InChI=1S/C22H18N2O/c1-2-25-18-12-8-11-17(15-18)22-21(16-9-4-3-5-10-16)19-13-6-7-14-20(19)23-24-22/h3-15H,2H2,1H3. The van der Waals surface area contributed by atoms with Gasteiger partial charge in [0.1, 0.15) is 11.4 Å². The van der Waals surface area contributed by atoms with Crippen molar-refractivity contribution in [3.63, 3.8) is 0 Å². The van der Waals surface area contributed by atoms with Gasteiger partial charge in [0.05, 0.1) is 12.1 Å². The fourth-order valence-electron chi connectivity index (χ4n) is 3.05. The molecule has 4 rings (SSSR count). The zero-order valence-corrected chi connectivity index (χ0v) is 14.0. The van der Waals surface area contributed by atoms with Gasteiger partial charge in [0.25, 0.3) is 0 Å². The van der Waals surface area contributed by atoms with E-state index in [1.807, 2.05) is 67.6 Å². The molecule has 122 valence electrons. The fourth-order valence-corrected chi connectivity index (χ4v) is 3.05. The minimum atomic E-state index is 0.637. The van der Waals surface area contributed by atoms with E-state index in [0.717, 1.165) is 39.0 Å². The van der Waals surface area contributed by atoms with Crippen molar-refractivity contribution in [1.29, 1.82) is 0 Å². The van der Waals surface area contributed by atoms with Gasteiger partial charge >= 0.3 is 0 Å². The molecule has 4 aromatic rings. The number of nitrogens with zero attached hydrogens (tertiary/aromatic N) is 2. The van der Waals surface area contributed by atoms with E-state index in [0.29, 0.717) is 6.61 Å². The number of rotatable bonds is 4. The quantitative estimate of drug-likeness (QED) is 0.506. The number of ether oxygens (including phenoxy) is 1. The first-order chi connectivity index (χ1) is 12.4. The van der Waals surface area contributed by atoms with Crippen LogP contribution in [-0.2, 0) is 0 Å². The van der Waals surface area contributed by atoms with Gasteiger partial charge in [-0.3, -0.25) is 0 Å². The van der Waals surface area contributed by atoms with Crippen molar-refractivity contribution in [2.75, 3.05) is 6.61 Å². The first-order valence-corrected chi connectivity index (χ1v) is 8.41. The molecule has 0 saturated carbocycles. The summed E-state index contributed by atoms with van der Waals surface area (Å²) in [6.07, 6.45) is 0. The maximum atomic E-state index is 5.65. The molecular weight excluding hydrogens is 308 g/mol. The minimum Gasteiger partial charge on any atom is -0.494 e. The molecule has 0 amide bonds. The monoisotopic (exact) mass is 326 g/mol. The average Bonchev–Trinajstić information content (AvgIpc) is 2.68. The van der Waals surface area contributed by atoms with Crippen molar-refractivity contribution in [3.8, 4) is 28.1 Å². The molecule has 0 spiro atoms. The average molecular weight is 326 g/mol. The van der Waals surface area contributed by atoms with Crippen LogP contribution >= 0.6 is 0 Å². The summed E-state index contributed by atoms with van der Waals surface area (Å²) < 4.78 is 5.65. The van der Waals surface area contributed by atoms with Gasteiger partial charge in [0.2, 0.25) is 0 Å². The van der Waals surface area contributed by atoms with Crippen molar-refractivity contribution in [2.45, 2.75) is 6.92 Å². The molecule has 0 saturated heterocycles. The second-order valence-electron chi connectivity index (χ2n) is 5.77. The Kier molecular flexibility index (Phi) is 4.13. The van der Waals surface area contributed by atoms with Crippen LogP contribution in [0.4, 0.5) is 0 Å². The first-order valence-electron chi connectivity index (χ1n) is 8.41. The Hall–Kier alpha value is -3.20. The van der Waals surface area contributed by atoms with E-state index in [2.05, 4.69) is 28.4 Å². The third kappa shape index (κ3) is 2.96. The number of aromatic nitrogens is 2. The van der Waals surface area contributed by atoms with Crippen molar-refractivity contribution >= 4 is 10.9 Å². The first kappa shape index (κ1) is 15.3. The van der Waals surface area contributed by atoms with E-state index in [1.54, 1.807) is 0 Å². The minimum absolute atomic E-state index is 0.637. The molecule has 0 bridgehead atoms. The molecule has 0 N–H and O–H groups in total. The molecule has 0 aliphatic rings. The molecule has 25 heavy (non-hydrogen) atoms. The molecule has 0 radical (unpaired) electrons. The molecule has 0 atom stereocenters. The van der Waals surface area contributed by atoms with E-state index >= 15 is 0 Å². The second-order valence-corrected chi connectivity index (χ2v) is 5.77. The summed E-state index contributed by atoms with van der Waals surface area (Å²) in [7, 11) is 0. The SMILES string of the molecule is CCOc1cccc(-c2nnc3ccccc3c2-c2ccccc2)c1. The Morgan fingerprint density at radius 3 is 2.36 bits per heavy atom. The summed E-state index contributed by atoms with van der Waals surface area (Å²) >= 11 is 0. The van der Waals surface area contributed by atoms with Crippen LogP contribution in [0.25, 0.3) is 33.3 Å². The molecule has 0 aliphatic carbocycles. The molecule has 1 aromatic heterocycles. The Morgan fingerprint density at radius 2 is 1.52 bits per heavy atom. The highest BCUT2D eigenvalue weighted by Crippen LogP contribution is 2.36. The number of benzene rings is 3. The summed E-state index contributed by atoms with van der Waals surface area (Å²) in [4.78, 5) is 0. The third-order valence-corrected chi connectivity index (χ3v) is 4.15. The van der Waals surface area contributed by atoms with Crippen LogP contribution in [0.2, 0.25) is 0 Å². The van der Waals surface area contributed by atoms with Gasteiger partial charge in [0.15, 0.2) is 0 Å². The number of hydrogen-bond acceptors (Lipinski definition) is 3. The number of fused-ring (bicyclic) bond motifs is 1. The topological polar surface area (TPSA) is 35.0 Å². The second kappa shape index (κ2) is 6.73. The molecule has 3 aromatic carbocycles. The van der Waals surface area contributed by atoms with E-state index in [1.165, 1.54) is 0 Å². The van der Waals surface area contributed by atoms with Gasteiger partial charge < -0.3 is 4.74 Å². The highest BCUT2D eigenvalue weighted by atomic mass is 16.5. The van der Waals surface area contributed by atoms with Crippen molar-refractivity contribution in [1.82, 2.24) is 10.2 Å². The molecule has 0 aliphatic heterocycles. The summed E-state index contributed by atoms with van der Waals surface area (Å²) in [5, 5.41) is 10.1. The summed E-state index contributed by atoms with van der Waals surface area (Å²) in [5.41, 5.74) is 4.99. The summed E-state index contributed by atoms with van der Waals surface area (Å²) in [6.45, 7) is 2.62. The van der Waals surface area contributed by atoms with Crippen molar-refractivity contribution in [2.24, 2.45) is 0 Å². The Balaban J connectivity index is 2.00. The third-order valence-electron chi connectivity index (χ3n) is 4.15. The summed E-state index contributed by atoms with van der Waals surface area (Å²) in [5.74, 6) is 0.842. The molecule has 1 heterocycles. The maximum Gasteiger partial charge on any atom is 0.119 e. The van der Waals surface area contributed by atoms with Gasteiger partial charge in [-0.1, -0.05) is 60.7 Å². The zero-order chi connectivity index (χ0) is 17.1. The van der Waals surface area contributed by atoms with E-state index in [-0.39, 0.29) is 0 Å². The molecule has 0 fully saturated rings. The van der Waals surface area contributed by atoms with Crippen LogP contribution in [0.3, 0.4) is 0 Å². The predicted octanol–water partition coefficient (Wildman–Crippen LogP) is 5.36. The van der Waals surface area contributed by atoms with Crippen LogP contribution in [0.5, 0.6) is 5.75 Å². The lowest BCUT2D eigenvalue weighted by atomic mass is 9.96. The van der Waals surface area contributed by atoms with Gasteiger partial charge in [-0.2, -0.15) is 0 Å². The van der Waals surface area contributed by atoms with E-state index in [4.69, 9.17) is 4.74 Å².